The molecule has 8 heteroatoms. The third-order valence-electron chi connectivity index (χ3n) is 4.00. The molecular formula is C15H16N2O5S. The van der Waals surface area contributed by atoms with Crippen molar-refractivity contribution in [3.8, 4) is 0 Å². The van der Waals surface area contributed by atoms with Crippen molar-refractivity contribution >= 4 is 26.9 Å². The molecule has 2 aromatic rings. The molecule has 3 rings (SSSR count). The molecule has 1 saturated heterocycles. The van der Waals surface area contributed by atoms with E-state index in [1.54, 1.807) is 0 Å². The number of aromatic amines is 1. The van der Waals surface area contributed by atoms with Gasteiger partial charge >= 0.3 is 5.97 Å². The lowest BCUT2D eigenvalue weighted by Gasteiger charge is -2.26. The Labute approximate surface area is 132 Å². The van der Waals surface area contributed by atoms with Gasteiger partial charge in [0.1, 0.15) is 0 Å². The molecule has 0 saturated carbocycles. The second-order valence-corrected chi connectivity index (χ2v) is 7.46. The Hall–Kier alpha value is -2.19. The molecule has 2 heterocycles. The number of piperidine rings is 1. The van der Waals surface area contributed by atoms with Crippen LogP contribution >= 0.6 is 0 Å². The summed E-state index contributed by atoms with van der Waals surface area (Å²) in [4.78, 5) is 25.4. The van der Waals surface area contributed by atoms with Gasteiger partial charge in [-0.1, -0.05) is 6.42 Å². The van der Waals surface area contributed by atoms with E-state index in [4.69, 9.17) is 0 Å². The minimum Gasteiger partial charge on any atom is -0.478 e. The standard InChI is InChI=1S/C15H16N2O5S/c18-14-9-12(15(19)20)11-8-10(4-5-13(11)16-14)23(21,22)17-6-2-1-3-7-17/h4-5,8-9H,1-3,6-7H2,(H,16,18)(H,19,20). The monoisotopic (exact) mass is 336 g/mol. The summed E-state index contributed by atoms with van der Waals surface area (Å²) in [5, 5.41) is 9.44. The van der Waals surface area contributed by atoms with Crippen molar-refractivity contribution in [2.24, 2.45) is 0 Å². The third kappa shape index (κ3) is 2.87. The number of fused-ring (bicyclic) bond motifs is 1. The average molecular weight is 336 g/mol. The van der Waals surface area contributed by atoms with Crippen LogP contribution in [0.15, 0.2) is 34.0 Å². The van der Waals surface area contributed by atoms with Crippen molar-refractivity contribution in [3.05, 3.63) is 40.2 Å². The van der Waals surface area contributed by atoms with Gasteiger partial charge in [-0.15, -0.1) is 0 Å². The highest BCUT2D eigenvalue weighted by molar-refractivity contribution is 7.89. The Balaban J connectivity index is 2.16. The van der Waals surface area contributed by atoms with Gasteiger partial charge < -0.3 is 10.1 Å². The summed E-state index contributed by atoms with van der Waals surface area (Å²) >= 11 is 0. The van der Waals surface area contributed by atoms with Crippen LogP contribution in [0.2, 0.25) is 0 Å². The number of aromatic carboxylic acids is 1. The van der Waals surface area contributed by atoms with E-state index in [1.807, 2.05) is 0 Å². The van der Waals surface area contributed by atoms with Crippen LogP contribution in [0.1, 0.15) is 29.6 Å². The van der Waals surface area contributed by atoms with Gasteiger partial charge in [0.15, 0.2) is 0 Å². The predicted octanol–water partition coefficient (Wildman–Crippen LogP) is 1.40. The van der Waals surface area contributed by atoms with Crippen molar-refractivity contribution in [2.45, 2.75) is 24.2 Å². The lowest BCUT2D eigenvalue weighted by atomic mass is 10.1. The summed E-state index contributed by atoms with van der Waals surface area (Å²) in [5.41, 5.74) is -0.450. The minimum absolute atomic E-state index is 0.0430. The maximum atomic E-state index is 12.7. The maximum Gasteiger partial charge on any atom is 0.336 e. The largest absolute Gasteiger partial charge is 0.478 e. The number of carbonyl (C=O) groups is 1. The van der Waals surface area contributed by atoms with Crippen LogP contribution in [0, 0.1) is 0 Å². The number of hydrogen-bond donors (Lipinski definition) is 2. The van der Waals surface area contributed by atoms with Crippen LogP contribution in [0.4, 0.5) is 0 Å². The number of H-pyrrole nitrogens is 1. The number of benzene rings is 1. The zero-order valence-corrected chi connectivity index (χ0v) is 13.1. The predicted molar refractivity (Wildman–Crippen MR) is 84.1 cm³/mol. The lowest BCUT2D eigenvalue weighted by Crippen LogP contribution is -2.35. The van der Waals surface area contributed by atoms with Gasteiger partial charge in [-0.05, 0) is 31.0 Å². The molecule has 0 spiro atoms. The van der Waals surface area contributed by atoms with E-state index in [0.717, 1.165) is 25.3 Å². The minimum atomic E-state index is -3.66. The molecule has 1 fully saturated rings. The number of pyridine rings is 1. The normalized spacial score (nSPS) is 16.5. The third-order valence-corrected chi connectivity index (χ3v) is 5.89. The van der Waals surface area contributed by atoms with Crippen molar-refractivity contribution in [1.82, 2.24) is 9.29 Å². The number of sulfonamides is 1. The molecule has 7 nitrogen and oxygen atoms in total. The Bertz CT molecular complexity index is 927. The highest BCUT2D eigenvalue weighted by Crippen LogP contribution is 2.24. The quantitative estimate of drug-likeness (QED) is 0.881. The lowest BCUT2D eigenvalue weighted by molar-refractivity contribution is 0.0698. The zero-order chi connectivity index (χ0) is 16.6. The van der Waals surface area contributed by atoms with Gasteiger partial charge in [-0.2, -0.15) is 4.31 Å². The van der Waals surface area contributed by atoms with Gasteiger partial charge in [0.25, 0.3) is 0 Å². The van der Waals surface area contributed by atoms with Crippen LogP contribution in [-0.2, 0) is 10.0 Å². The average Bonchev–Trinajstić information content (AvgIpc) is 2.54. The van der Waals surface area contributed by atoms with Gasteiger partial charge in [0, 0.05) is 30.1 Å². The van der Waals surface area contributed by atoms with Crippen LogP contribution in [0.3, 0.4) is 0 Å². The number of hydrogen-bond acceptors (Lipinski definition) is 4. The first kappa shape index (κ1) is 15.7. The summed E-state index contributed by atoms with van der Waals surface area (Å²) in [6, 6.07) is 5.11. The van der Waals surface area contributed by atoms with E-state index < -0.39 is 21.6 Å². The van der Waals surface area contributed by atoms with Crippen molar-refractivity contribution in [2.75, 3.05) is 13.1 Å². The molecule has 0 bridgehead atoms. The molecule has 1 aliphatic rings. The second-order valence-electron chi connectivity index (χ2n) is 5.52. The number of nitrogens with zero attached hydrogens (tertiary/aromatic N) is 1. The molecular weight excluding hydrogens is 320 g/mol. The highest BCUT2D eigenvalue weighted by atomic mass is 32.2. The van der Waals surface area contributed by atoms with Gasteiger partial charge in [-0.3, -0.25) is 4.79 Å². The molecule has 23 heavy (non-hydrogen) atoms. The smallest absolute Gasteiger partial charge is 0.336 e. The molecule has 0 unspecified atom stereocenters. The zero-order valence-electron chi connectivity index (χ0n) is 12.3. The molecule has 2 N–H and O–H groups in total. The van der Waals surface area contributed by atoms with Gasteiger partial charge in [-0.25, -0.2) is 13.2 Å². The fourth-order valence-corrected chi connectivity index (χ4v) is 4.37. The Kier molecular flexibility index (Phi) is 3.95. The summed E-state index contributed by atoms with van der Waals surface area (Å²) < 4.78 is 26.8. The van der Waals surface area contributed by atoms with Crippen molar-refractivity contribution in [1.29, 1.82) is 0 Å². The second kappa shape index (κ2) is 5.78. The Morgan fingerprint density at radius 2 is 1.83 bits per heavy atom. The molecule has 0 radical (unpaired) electrons. The first-order chi connectivity index (χ1) is 10.9. The Morgan fingerprint density at radius 1 is 1.13 bits per heavy atom. The molecule has 0 amide bonds. The number of rotatable bonds is 3. The van der Waals surface area contributed by atoms with Crippen LogP contribution < -0.4 is 5.56 Å². The molecule has 0 atom stereocenters. The summed E-state index contributed by atoms with van der Waals surface area (Å²) in [6.45, 7) is 0.940. The van der Waals surface area contributed by atoms with Gasteiger partial charge in [0.2, 0.25) is 15.6 Å². The SMILES string of the molecule is O=C(O)c1cc(=O)[nH]c2ccc(S(=O)(=O)N3CCCCC3)cc12. The fraction of sp³-hybridized carbons (Fsp3) is 0.333. The number of nitrogens with one attached hydrogen (secondary N) is 1. The van der Waals surface area contributed by atoms with E-state index in [-0.39, 0.29) is 15.8 Å². The van der Waals surface area contributed by atoms with Crippen LogP contribution in [0.5, 0.6) is 0 Å². The van der Waals surface area contributed by atoms with E-state index in [2.05, 4.69) is 4.98 Å². The maximum absolute atomic E-state index is 12.7. The van der Waals surface area contributed by atoms with Gasteiger partial charge in [0.05, 0.1) is 10.5 Å². The number of carboxylic acid groups (broad SMARTS) is 1. The first-order valence-corrected chi connectivity index (χ1v) is 8.74. The van der Waals surface area contributed by atoms with Crippen molar-refractivity contribution < 1.29 is 18.3 Å². The molecule has 1 aromatic carbocycles. The van der Waals surface area contributed by atoms with Crippen LogP contribution in [0.25, 0.3) is 10.9 Å². The number of aromatic nitrogens is 1. The number of carboxylic acids is 1. The first-order valence-electron chi connectivity index (χ1n) is 7.30. The summed E-state index contributed by atoms with van der Waals surface area (Å²) in [7, 11) is -3.66. The molecule has 0 aliphatic carbocycles. The Morgan fingerprint density at radius 3 is 2.48 bits per heavy atom. The highest BCUT2D eigenvalue weighted by Gasteiger charge is 2.26. The van der Waals surface area contributed by atoms with E-state index in [0.29, 0.717) is 18.6 Å². The van der Waals surface area contributed by atoms with Crippen LogP contribution in [-0.4, -0.2) is 41.9 Å². The molecule has 1 aromatic heterocycles. The fourth-order valence-electron chi connectivity index (χ4n) is 2.82. The van der Waals surface area contributed by atoms with E-state index >= 15 is 0 Å². The topological polar surface area (TPSA) is 108 Å². The molecule has 122 valence electrons. The summed E-state index contributed by atoms with van der Waals surface area (Å²) in [6.07, 6.45) is 2.65. The van der Waals surface area contributed by atoms with E-state index in [1.165, 1.54) is 22.5 Å². The van der Waals surface area contributed by atoms with Crippen molar-refractivity contribution in [3.63, 3.8) is 0 Å². The summed E-state index contributed by atoms with van der Waals surface area (Å²) in [5.74, 6) is -1.27. The van der Waals surface area contributed by atoms with E-state index in [9.17, 15) is 23.1 Å². The molecule has 1 aliphatic heterocycles.